The number of carbonyl (C=O) groups excluding carboxylic acids is 1. The minimum Gasteiger partial charge on any atom is -0.368 e. The molecule has 5 rings (SSSR count). The molecule has 1 amide bonds. The van der Waals surface area contributed by atoms with E-state index in [1.165, 1.54) is 12.1 Å². The molecule has 0 spiro atoms. The molecule has 0 saturated carbocycles. The Kier molecular flexibility index (Phi) is 5.17. The van der Waals surface area contributed by atoms with E-state index < -0.39 is 0 Å². The molecular weight excluding hydrogens is 397 g/mol. The fraction of sp³-hybridized carbons (Fsp3) is 0.455. The zero-order valence-corrected chi connectivity index (χ0v) is 17.6. The molecule has 2 saturated heterocycles. The Hall–Kier alpha value is -3.23. The average molecular weight is 423 g/mol. The molecule has 31 heavy (non-hydrogen) atoms. The number of fused-ring (bicyclic) bond motifs is 1. The lowest BCUT2D eigenvalue weighted by Crippen LogP contribution is -2.51. The number of piperidine rings is 1. The third kappa shape index (κ3) is 3.92. The Morgan fingerprint density at radius 3 is 2.32 bits per heavy atom. The van der Waals surface area contributed by atoms with Crippen LogP contribution in [0.25, 0.3) is 5.65 Å². The van der Waals surface area contributed by atoms with Crippen LogP contribution in [0.4, 0.5) is 15.9 Å². The SMILES string of the molecule is Cc1nnc2ccc(N3CCC(C(=O)N4CCN(c5ccc(F)cc5)CC4)CC3)nn12. The number of aryl methyl sites for hydroxylation is 1. The molecule has 2 fully saturated rings. The molecule has 8 nitrogen and oxygen atoms in total. The lowest BCUT2D eigenvalue weighted by molar-refractivity contribution is -0.136. The molecule has 3 aromatic rings. The number of halogens is 1. The molecule has 2 aliphatic heterocycles. The first-order valence-electron chi connectivity index (χ1n) is 10.8. The van der Waals surface area contributed by atoms with Gasteiger partial charge in [0.2, 0.25) is 5.91 Å². The van der Waals surface area contributed by atoms with Crippen molar-refractivity contribution in [3.8, 4) is 0 Å². The average Bonchev–Trinajstić information content (AvgIpc) is 3.19. The summed E-state index contributed by atoms with van der Waals surface area (Å²) in [6, 6.07) is 10.5. The maximum atomic E-state index is 13.1. The highest BCUT2D eigenvalue weighted by Crippen LogP contribution is 2.25. The summed E-state index contributed by atoms with van der Waals surface area (Å²) in [5, 5.41) is 12.8. The predicted molar refractivity (Wildman–Crippen MR) is 116 cm³/mol. The van der Waals surface area contributed by atoms with E-state index in [9.17, 15) is 9.18 Å². The van der Waals surface area contributed by atoms with Gasteiger partial charge in [0.1, 0.15) is 11.6 Å². The van der Waals surface area contributed by atoms with Crippen molar-refractivity contribution in [3.63, 3.8) is 0 Å². The van der Waals surface area contributed by atoms with Crippen molar-refractivity contribution >= 4 is 23.1 Å². The monoisotopic (exact) mass is 423 g/mol. The summed E-state index contributed by atoms with van der Waals surface area (Å²) in [7, 11) is 0. The largest absolute Gasteiger partial charge is 0.368 e. The number of rotatable bonds is 3. The van der Waals surface area contributed by atoms with Gasteiger partial charge >= 0.3 is 0 Å². The van der Waals surface area contributed by atoms with Crippen molar-refractivity contribution in [3.05, 3.63) is 48.0 Å². The molecule has 0 atom stereocenters. The van der Waals surface area contributed by atoms with Crippen LogP contribution in [0.3, 0.4) is 0 Å². The number of hydrogen-bond donors (Lipinski definition) is 0. The van der Waals surface area contributed by atoms with E-state index in [0.717, 1.165) is 62.0 Å². The van der Waals surface area contributed by atoms with E-state index in [1.807, 2.05) is 24.0 Å². The number of piperazine rings is 1. The van der Waals surface area contributed by atoms with Gasteiger partial charge in [0.25, 0.3) is 0 Å². The predicted octanol–water partition coefficient (Wildman–Crippen LogP) is 2.14. The molecule has 4 heterocycles. The Labute approximate surface area is 180 Å². The Bertz CT molecular complexity index is 1070. The topological polar surface area (TPSA) is 69.9 Å². The molecule has 162 valence electrons. The van der Waals surface area contributed by atoms with Gasteiger partial charge in [-0.05, 0) is 56.2 Å². The van der Waals surface area contributed by atoms with E-state index in [1.54, 1.807) is 16.6 Å². The van der Waals surface area contributed by atoms with E-state index >= 15 is 0 Å². The third-order valence-corrected chi connectivity index (χ3v) is 6.36. The maximum Gasteiger partial charge on any atom is 0.225 e. The quantitative estimate of drug-likeness (QED) is 0.643. The van der Waals surface area contributed by atoms with Gasteiger partial charge in [-0.3, -0.25) is 4.79 Å². The van der Waals surface area contributed by atoms with Crippen molar-refractivity contribution in [1.29, 1.82) is 0 Å². The van der Waals surface area contributed by atoms with Crippen LogP contribution in [0.15, 0.2) is 36.4 Å². The summed E-state index contributed by atoms with van der Waals surface area (Å²) < 4.78 is 14.9. The van der Waals surface area contributed by atoms with Crippen LogP contribution in [0.1, 0.15) is 18.7 Å². The van der Waals surface area contributed by atoms with Crippen LogP contribution in [-0.2, 0) is 4.79 Å². The Morgan fingerprint density at radius 1 is 0.903 bits per heavy atom. The summed E-state index contributed by atoms with van der Waals surface area (Å²) in [6.45, 7) is 6.48. The van der Waals surface area contributed by atoms with Gasteiger partial charge < -0.3 is 14.7 Å². The molecule has 1 aromatic carbocycles. The number of aromatic nitrogens is 4. The second-order valence-electron chi connectivity index (χ2n) is 8.26. The number of anilines is 2. The Balaban J connectivity index is 1.16. The Morgan fingerprint density at radius 2 is 1.61 bits per heavy atom. The van der Waals surface area contributed by atoms with Crippen molar-refractivity contribution < 1.29 is 9.18 Å². The van der Waals surface area contributed by atoms with Crippen molar-refractivity contribution in [2.24, 2.45) is 5.92 Å². The highest BCUT2D eigenvalue weighted by molar-refractivity contribution is 5.79. The van der Waals surface area contributed by atoms with Gasteiger partial charge in [-0.15, -0.1) is 15.3 Å². The number of hydrogen-bond acceptors (Lipinski definition) is 6. The van der Waals surface area contributed by atoms with E-state index in [0.29, 0.717) is 13.1 Å². The molecule has 0 N–H and O–H groups in total. The fourth-order valence-electron chi connectivity index (χ4n) is 4.51. The smallest absolute Gasteiger partial charge is 0.225 e. The van der Waals surface area contributed by atoms with Crippen molar-refractivity contribution in [2.45, 2.75) is 19.8 Å². The first-order chi connectivity index (χ1) is 15.1. The molecule has 0 bridgehead atoms. The summed E-state index contributed by atoms with van der Waals surface area (Å²) in [4.78, 5) is 19.5. The maximum absolute atomic E-state index is 13.1. The van der Waals surface area contributed by atoms with Crippen LogP contribution >= 0.6 is 0 Å². The van der Waals surface area contributed by atoms with Gasteiger partial charge in [-0.1, -0.05) is 0 Å². The van der Waals surface area contributed by atoms with Crippen LogP contribution in [0, 0.1) is 18.7 Å². The van der Waals surface area contributed by atoms with E-state index in [2.05, 4.69) is 25.1 Å². The van der Waals surface area contributed by atoms with E-state index in [4.69, 9.17) is 0 Å². The molecular formula is C22H26FN7O. The van der Waals surface area contributed by atoms with Crippen LogP contribution in [-0.4, -0.2) is 69.9 Å². The second kappa shape index (κ2) is 8.13. The minimum atomic E-state index is -0.226. The van der Waals surface area contributed by atoms with Crippen molar-refractivity contribution in [1.82, 2.24) is 24.7 Å². The van der Waals surface area contributed by atoms with Crippen LogP contribution in [0.2, 0.25) is 0 Å². The molecule has 0 unspecified atom stereocenters. The summed E-state index contributed by atoms with van der Waals surface area (Å²) in [5.74, 6) is 1.76. The normalized spacial score (nSPS) is 18.1. The lowest BCUT2D eigenvalue weighted by atomic mass is 9.95. The lowest BCUT2D eigenvalue weighted by Gasteiger charge is -2.39. The highest BCUT2D eigenvalue weighted by Gasteiger charge is 2.31. The van der Waals surface area contributed by atoms with Crippen molar-refractivity contribution in [2.75, 3.05) is 49.1 Å². The number of benzene rings is 1. The summed E-state index contributed by atoms with van der Waals surface area (Å²) in [5.41, 5.74) is 1.75. The molecule has 0 aliphatic carbocycles. The molecule has 2 aromatic heterocycles. The standard InChI is InChI=1S/C22H26FN7O/c1-16-24-25-20-6-7-21(26-30(16)20)28-10-8-17(9-11-28)22(31)29-14-12-27(13-15-29)19-4-2-18(23)3-5-19/h2-7,17H,8-15H2,1H3. The van der Waals surface area contributed by atoms with Gasteiger partial charge in [0.05, 0.1) is 0 Å². The van der Waals surface area contributed by atoms with Gasteiger partial charge in [0, 0.05) is 50.9 Å². The van der Waals surface area contributed by atoms with Gasteiger partial charge in [-0.25, -0.2) is 4.39 Å². The molecule has 0 radical (unpaired) electrons. The zero-order valence-electron chi connectivity index (χ0n) is 17.6. The van der Waals surface area contributed by atoms with E-state index in [-0.39, 0.29) is 17.6 Å². The summed E-state index contributed by atoms with van der Waals surface area (Å²) in [6.07, 6.45) is 1.66. The number of nitrogens with zero attached hydrogens (tertiary/aromatic N) is 7. The number of amides is 1. The van der Waals surface area contributed by atoms with Crippen LogP contribution < -0.4 is 9.80 Å². The molecule has 9 heteroatoms. The fourth-order valence-corrected chi connectivity index (χ4v) is 4.51. The van der Waals surface area contributed by atoms with Crippen LogP contribution in [0.5, 0.6) is 0 Å². The minimum absolute atomic E-state index is 0.0639. The first-order valence-corrected chi connectivity index (χ1v) is 10.8. The van der Waals surface area contributed by atoms with Gasteiger partial charge in [-0.2, -0.15) is 4.52 Å². The van der Waals surface area contributed by atoms with Gasteiger partial charge in [0.15, 0.2) is 11.5 Å². The molecule has 2 aliphatic rings. The highest BCUT2D eigenvalue weighted by atomic mass is 19.1. The summed E-state index contributed by atoms with van der Waals surface area (Å²) >= 11 is 0. The third-order valence-electron chi connectivity index (χ3n) is 6.36. The first kappa shape index (κ1) is 19.7. The zero-order chi connectivity index (χ0) is 21.4. The second-order valence-corrected chi connectivity index (χ2v) is 8.26. The number of carbonyl (C=O) groups is 1.